The number of esters is 3. The summed E-state index contributed by atoms with van der Waals surface area (Å²) in [4.78, 5) is 40.3. The molecule has 10 atom stereocenters. The number of benzene rings is 3. The molecule has 0 aromatic heterocycles. The monoisotopic (exact) mass is 742 g/mol. The van der Waals surface area contributed by atoms with Crippen LogP contribution in [0.15, 0.2) is 89.8 Å². The number of carbonyl (C=O) groups is 3. The van der Waals surface area contributed by atoms with E-state index < -0.39 is 85.1 Å². The number of methoxy groups -OCH3 is 4. The highest BCUT2D eigenvalue weighted by atomic mass is 32.2. The fourth-order valence-corrected chi connectivity index (χ4v) is 7.16. The summed E-state index contributed by atoms with van der Waals surface area (Å²) in [5.41, 5.74) is -0.508. The molecule has 2 N–H and O–H groups in total. The van der Waals surface area contributed by atoms with Crippen LogP contribution in [0.4, 0.5) is 0 Å². The highest BCUT2D eigenvalue weighted by Gasteiger charge is 2.49. The first-order valence-electron chi connectivity index (χ1n) is 16.4. The second-order valence-corrected chi connectivity index (χ2v) is 13.0. The second-order valence-electron chi connectivity index (χ2n) is 11.8. The lowest BCUT2D eigenvalue weighted by Crippen LogP contribution is -2.60. The van der Waals surface area contributed by atoms with E-state index in [1.807, 2.05) is 30.3 Å². The summed E-state index contributed by atoms with van der Waals surface area (Å²) < 4.78 is 51.1. The van der Waals surface area contributed by atoms with Crippen LogP contribution >= 0.6 is 11.8 Å². The van der Waals surface area contributed by atoms with Gasteiger partial charge in [-0.2, -0.15) is 0 Å². The highest BCUT2D eigenvalue weighted by molar-refractivity contribution is 7.99. The number of aliphatic hydroxyl groups is 2. The van der Waals surface area contributed by atoms with Gasteiger partial charge in [0.2, 0.25) is 0 Å². The molecule has 2 saturated heterocycles. The van der Waals surface area contributed by atoms with Crippen molar-refractivity contribution in [2.24, 2.45) is 0 Å². The van der Waals surface area contributed by atoms with Gasteiger partial charge in [-0.25, -0.2) is 14.4 Å². The molecule has 2 fully saturated rings. The molecule has 0 saturated carbocycles. The van der Waals surface area contributed by atoms with Gasteiger partial charge in [0.15, 0.2) is 12.4 Å². The molecular weight excluding hydrogens is 700 g/mol. The average molecular weight is 743 g/mol. The van der Waals surface area contributed by atoms with E-state index in [1.165, 1.54) is 57.4 Å². The number of hydrogen-bond acceptors (Lipinski definition) is 15. The van der Waals surface area contributed by atoms with Gasteiger partial charge in [-0.05, 0) is 36.4 Å². The Labute approximate surface area is 305 Å². The SMILES string of the molecule is CO[C@H]1O[C@H](COC(=O)c2ccccc2C(=O)OC[C@H]2O[C@H](Sc3ccccc3)[C@@H](OC)[C@@H](OC)[C@@H]2OC)[C@@H](O)[C@H](O)[C@H]1OC(=O)c1ccccc1. The zero-order valence-electron chi connectivity index (χ0n) is 29.0. The van der Waals surface area contributed by atoms with Crippen molar-refractivity contribution in [2.75, 3.05) is 41.7 Å². The molecule has 15 heteroatoms. The standard InChI is InChI=1S/C37H42O14S/c1-43-29-26(50-37(32(45-3)31(29)44-2)52-22-15-9-6-10-16-22)20-48-35(42)24-18-12-11-17-23(24)34(41)47-19-25-27(38)28(39)30(36(46-4)49-25)51-33(40)21-13-7-5-8-14-21/h5-18,25-32,36-39H,19-20H2,1-4H3/t25-,26-,27-,28+,29-,30-,31+,32+,36+,37-/m1/s1. The van der Waals surface area contributed by atoms with Crippen molar-refractivity contribution in [3.05, 3.63) is 102 Å². The van der Waals surface area contributed by atoms with Crippen LogP contribution in [0.2, 0.25) is 0 Å². The van der Waals surface area contributed by atoms with Crippen LogP contribution in [-0.2, 0) is 42.6 Å². The highest BCUT2D eigenvalue weighted by Crippen LogP contribution is 2.36. The lowest BCUT2D eigenvalue weighted by molar-refractivity contribution is -0.293. The Morgan fingerprint density at radius 3 is 1.69 bits per heavy atom. The molecule has 0 aliphatic carbocycles. The summed E-state index contributed by atoms with van der Waals surface area (Å²) in [5, 5.41) is 21.6. The maximum absolute atomic E-state index is 13.4. The molecule has 14 nitrogen and oxygen atoms in total. The third-order valence-corrected chi connectivity index (χ3v) is 9.81. The molecule has 2 aliphatic rings. The van der Waals surface area contributed by atoms with Gasteiger partial charge in [-0.15, -0.1) is 0 Å². The molecule has 52 heavy (non-hydrogen) atoms. The fraction of sp³-hybridized carbons (Fsp3) is 0.432. The normalized spacial score (nSPS) is 28.8. The van der Waals surface area contributed by atoms with Crippen LogP contribution in [0.5, 0.6) is 0 Å². The Bertz CT molecular complexity index is 1610. The molecule has 0 amide bonds. The molecule has 2 heterocycles. The fourth-order valence-electron chi connectivity index (χ4n) is 5.98. The Morgan fingerprint density at radius 2 is 1.13 bits per heavy atom. The van der Waals surface area contributed by atoms with E-state index in [2.05, 4.69) is 0 Å². The zero-order valence-corrected chi connectivity index (χ0v) is 29.8. The number of ether oxygens (including phenoxy) is 9. The third-order valence-electron chi connectivity index (χ3n) is 8.66. The Kier molecular flexibility index (Phi) is 14.2. The van der Waals surface area contributed by atoms with Crippen molar-refractivity contribution in [2.45, 2.75) is 65.5 Å². The van der Waals surface area contributed by atoms with Crippen LogP contribution < -0.4 is 0 Å². The van der Waals surface area contributed by atoms with Crippen molar-refractivity contribution in [3.63, 3.8) is 0 Å². The molecule has 2 aliphatic heterocycles. The smallest absolute Gasteiger partial charge is 0.339 e. The van der Waals surface area contributed by atoms with E-state index in [4.69, 9.17) is 42.6 Å². The molecule has 5 rings (SSSR count). The van der Waals surface area contributed by atoms with E-state index >= 15 is 0 Å². The second kappa shape index (κ2) is 18.7. The molecular formula is C37H42O14S. The van der Waals surface area contributed by atoms with Gasteiger partial charge in [-0.3, -0.25) is 0 Å². The number of thioether (sulfide) groups is 1. The van der Waals surface area contributed by atoms with Crippen molar-refractivity contribution in [1.82, 2.24) is 0 Å². The molecule has 3 aromatic rings. The molecule has 0 bridgehead atoms. The summed E-state index contributed by atoms with van der Waals surface area (Å²) >= 11 is 1.43. The van der Waals surface area contributed by atoms with Gasteiger partial charge < -0.3 is 52.8 Å². The predicted molar refractivity (Wildman–Crippen MR) is 184 cm³/mol. The molecule has 0 unspecified atom stereocenters. The number of hydrogen-bond donors (Lipinski definition) is 2. The van der Waals surface area contributed by atoms with Gasteiger partial charge >= 0.3 is 17.9 Å². The summed E-state index contributed by atoms with van der Waals surface area (Å²) in [6, 6.07) is 23.6. The van der Waals surface area contributed by atoms with E-state index in [-0.39, 0.29) is 23.3 Å². The van der Waals surface area contributed by atoms with Gasteiger partial charge in [0, 0.05) is 33.3 Å². The van der Waals surface area contributed by atoms with Gasteiger partial charge in [0.25, 0.3) is 0 Å². The lowest BCUT2D eigenvalue weighted by Gasteiger charge is -2.44. The maximum atomic E-state index is 13.4. The first-order valence-corrected chi connectivity index (χ1v) is 17.3. The quantitative estimate of drug-likeness (QED) is 0.182. The number of carbonyl (C=O) groups excluding carboxylic acids is 3. The Hall–Kier alpha value is -3.90. The minimum Gasteiger partial charge on any atom is -0.459 e. The Balaban J connectivity index is 1.21. The summed E-state index contributed by atoms with van der Waals surface area (Å²) in [5.74, 6) is -2.50. The molecule has 0 radical (unpaired) electrons. The van der Waals surface area contributed by atoms with E-state index in [0.29, 0.717) is 0 Å². The molecule has 0 spiro atoms. The van der Waals surface area contributed by atoms with Gasteiger partial charge in [-0.1, -0.05) is 60.3 Å². The van der Waals surface area contributed by atoms with Gasteiger partial charge in [0.1, 0.15) is 61.4 Å². The summed E-state index contributed by atoms with van der Waals surface area (Å²) in [6.45, 7) is -0.776. The molecule has 3 aromatic carbocycles. The summed E-state index contributed by atoms with van der Waals surface area (Å²) in [6.07, 6.45) is -9.70. The minimum absolute atomic E-state index is 0.0849. The summed E-state index contributed by atoms with van der Waals surface area (Å²) in [7, 11) is 5.86. The van der Waals surface area contributed by atoms with E-state index in [0.717, 1.165) is 4.90 Å². The lowest BCUT2D eigenvalue weighted by atomic mass is 9.99. The van der Waals surface area contributed by atoms with Crippen molar-refractivity contribution < 1.29 is 67.2 Å². The van der Waals surface area contributed by atoms with Crippen molar-refractivity contribution >= 4 is 29.7 Å². The first kappa shape index (κ1) is 39.3. The maximum Gasteiger partial charge on any atom is 0.339 e. The number of aliphatic hydroxyl groups excluding tert-OH is 2. The average Bonchev–Trinajstić information content (AvgIpc) is 3.18. The van der Waals surface area contributed by atoms with E-state index in [1.54, 1.807) is 37.4 Å². The van der Waals surface area contributed by atoms with Crippen molar-refractivity contribution in [1.29, 1.82) is 0 Å². The van der Waals surface area contributed by atoms with E-state index in [9.17, 15) is 24.6 Å². The van der Waals surface area contributed by atoms with Crippen LogP contribution in [0, 0.1) is 0 Å². The molecule has 280 valence electrons. The minimum atomic E-state index is -1.64. The van der Waals surface area contributed by atoms with Crippen LogP contribution in [-0.4, -0.2) is 130 Å². The zero-order chi connectivity index (χ0) is 37.2. The van der Waals surface area contributed by atoms with Crippen LogP contribution in [0.3, 0.4) is 0 Å². The first-order chi connectivity index (χ1) is 25.2. The largest absolute Gasteiger partial charge is 0.459 e. The van der Waals surface area contributed by atoms with Crippen molar-refractivity contribution in [3.8, 4) is 0 Å². The van der Waals surface area contributed by atoms with Gasteiger partial charge in [0.05, 0.1) is 16.7 Å². The van der Waals surface area contributed by atoms with Crippen LogP contribution in [0.1, 0.15) is 31.1 Å². The Morgan fingerprint density at radius 1 is 0.596 bits per heavy atom. The third kappa shape index (κ3) is 9.17. The van der Waals surface area contributed by atoms with Crippen LogP contribution in [0.25, 0.3) is 0 Å². The number of rotatable bonds is 14. The topological polar surface area (TPSA) is 175 Å². The predicted octanol–water partition coefficient (Wildman–Crippen LogP) is 2.88.